The van der Waals surface area contributed by atoms with E-state index in [0.29, 0.717) is 22.8 Å². The normalized spacial score (nSPS) is 15.8. The number of hydrogen-bond acceptors (Lipinski definition) is 7. The van der Waals surface area contributed by atoms with Gasteiger partial charge in [0.2, 0.25) is 0 Å². The lowest BCUT2D eigenvalue weighted by molar-refractivity contribution is -0.121. The molecule has 9 heteroatoms. The predicted octanol–water partition coefficient (Wildman–Crippen LogP) is 2.75. The number of rotatable bonds is 6. The number of amides is 1. The van der Waals surface area contributed by atoms with Gasteiger partial charge in [-0.05, 0) is 54.5 Å². The van der Waals surface area contributed by atoms with E-state index in [1.165, 1.54) is 22.0 Å². The number of aryl methyl sites for hydroxylation is 1. The molecule has 1 aliphatic rings. The van der Waals surface area contributed by atoms with E-state index in [-0.39, 0.29) is 12.1 Å². The van der Waals surface area contributed by atoms with Crippen LogP contribution in [0.1, 0.15) is 29.3 Å². The molecule has 2 aromatic heterocycles. The number of carbonyl (C=O) groups excluding carboxylic acids is 1. The third-order valence-corrected chi connectivity index (χ3v) is 6.57. The van der Waals surface area contributed by atoms with E-state index in [1.54, 1.807) is 43.8 Å². The van der Waals surface area contributed by atoms with Crippen LogP contribution in [0.2, 0.25) is 0 Å². The summed E-state index contributed by atoms with van der Waals surface area (Å²) in [4.78, 5) is 31.8. The highest BCUT2D eigenvalue weighted by molar-refractivity contribution is 7.18. The lowest BCUT2D eigenvalue weighted by Crippen LogP contribution is -2.30. The van der Waals surface area contributed by atoms with E-state index >= 15 is 0 Å². The second-order valence-electron chi connectivity index (χ2n) is 7.62. The standard InChI is InChI=1S/C22H24N4O4S/c1-13-4-6-15-18(8-13)31-21-20(15)22(28)26(12-23-21)11-19(27)25-24-10-14-5-7-16(29-2)17(9-14)30-3/h5,7,9-10,12-13H,4,6,8,11H2,1-3H3,(H,25,27)/b24-10-/t13-/m1/s1. The Balaban J connectivity index is 1.47. The average molecular weight is 441 g/mol. The molecule has 0 radical (unpaired) electrons. The van der Waals surface area contributed by atoms with Crippen LogP contribution < -0.4 is 20.5 Å². The SMILES string of the molecule is COc1ccc(/C=N\NC(=O)Cn2cnc3sc4c(c3c2=O)CC[C@@H](C)C4)cc1OC. The zero-order valence-corrected chi connectivity index (χ0v) is 18.5. The molecule has 1 atom stereocenters. The molecule has 1 aromatic carbocycles. The van der Waals surface area contributed by atoms with Crippen LogP contribution >= 0.6 is 11.3 Å². The number of carbonyl (C=O) groups is 1. The number of aromatic nitrogens is 2. The molecule has 0 saturated heterocycles. The largest absolute Gasteiger partial charge is 0.493 e. The number of hydrazone groups is 1. The molecule has 0 spiro atoms. The molecule has 1 amide bonds. The second-order valence-corrected chi connectivity index (χ2v) is 8.70. The first-order valence-corrected chi connectivity index (χ1v) is 10.9. The monoisotopic (exact) mass is 440 g/mol. The van der Waals surface area contributed by atoms with Crippen molar-refractivity contribution in [1.29, 1.82) is 0 Å². The van der Waals surface area contributed by atoms with Crippen LogP contribution in [0.15, 0.2) is 34.4 Å². The van der Waals surface area contributed by atoms with Gasteiger partial charge in [0.05, 0.1) is 32.1 Å². The van der Waals surface area contributed by atoms with Gasteiger partial charge in [0.25, 0.3) is 11.5 Å². The molecule has 31 heavy (non-hydrogen) atoms. The second kappa shape index (κ2) is 8.89. The molecule has 2 heterocycles. The van der Waals surface area contributed by atoms with Crippen molar-refractivity contribution in [2.75, 3.05) is 14.2 Å². The molecule has 3 aromatic rings. The van der Waals surface area contributed by atoms with Crippen molar-refractivity contribution < 1.29 is 14.3 Å². The van der Waals surface area contributed by atoms with Gasteiger partial charge in [-0.15, -0.1) is 11.3 Å². The number of methoxy groups -OCH3 is 2. The van der Waals surface area contributed by atoms with Crippen molar-refractivity contribution in [3.8, 4) is 11.5 Å². The maximum atomic E-state index is 13.0. The molecule has 8 nitrogen and oxygen atoms in total. The summed E-state index contributed by atoms with van der Waals surface area (Å²) >= 11 is 1.59. The van der Waals surface area contributed by atoms with E-state index in [2.05, 4.69) is 22.4 Å². The van der Waals surface area contributed by atoms with Crippen LogP contribution in [-0.2, 0) is 24.2 Å². The van der Waals surface area contributed by atoms with Gasteiger partial charge in [-0.2, -0.15) is 5.10 Å². The Hall–Kier alpha value is -3.20. The third kappa shape index (κ3) is 4.32. The van der Waals surface area contributed by atoms with Crippen molar-refractivity contribution >= 4 is 33.7 Å². The Labute approximate surface area is 183 Å². The van der Waals surface area contributed by atoms with Crippen LogP contribution in [0.4, 0.5) is 0 Å². The van der Waals surface area contributed by atoms with Crippen LogP contribution in [0.5, 0.6) is 11.5 Å². The highest BCUT2D eigenvalue weighted by atomic mass is 32.1. The number of thiophene rings is 1. The number of hydrogen-bond donors (Lipinski definition) is 1. The molecular formula is C22H24N4O4S. The highest BCUT2D eigenvalue weighted by Gasteiger charge is 2.23. The van der Waals surface area contributed by atoms with Crippen LogP contribution in [-0.4, -0.2) is 35.9 Å². The topological polar surface area (TPSA) is 94.8 Å². The number of ether oxygens (including phenoxy) is 2. The third-order valence-electron chi connectivity index (χ3n) is 5.41. The molecule has 1 aliphatic carbocycles. The number of nitrogens with one attached hydrogen (secondary N) is 1. The maximum Gasteiger partial charge on any atom is 0.262 e. The number of nitrogens with zero attached hydrogens (tertiary/aromatic N) is 3. The van der Waals surface area contributed by atoms with Gasteiger partial charge in [-0.3, -0.25) is 14.2 Å². The van der Waals surface area contributed by atoms with Gasteiger partial charge < -0.3 is 9.47 Å². The van der Waals surface area contributed by atoms with Crippen LogP contribution in [0, 0.1) is 5.92 Å². The van der Waals surface area contributed by atoms with Gasteiger partial charge in [0.15, 0.2) is 11.5 Å². The van der Waals surface area contributed by atoms with Gasteiger partial charge >= 0.3 is 0 Å². The summed E-state index contributed by atoms with van der Waals surface area (Å²) in [6.07, 6.45) is 5.88. The molecule has 0 bridgehead atoms. The minimum Gasteiger partial charge on any atom is -0.493 e. The molecule has 0 aliphatic heterocycles. The lowest BCUT2D eigenvalue weighted by Gasteiger charge is -2.17. The Morgan fingerprint density at radius 3 is 2.94 bits per heavy atom. The van der Waals surface area contributed by atoms with Crippen molar-refractivity contribution in [1.82, 2.24) is 15.0 Å². The Morgan fingerprint density at radius 2 is 2.16 bits per heavy atom. The summed E-state index contributed by atoms with van der Waals surface area (Å²) in [6.45, 7) is 2.08. The fourth-order valence-electron chi connectivity index (χ4n) is 3.78. The lowest BCUT2D eigenvalue weighted by atomic mass is 9.89. The summed E-state index contributed by atoms with van der Waals surface area (Å²) in [5, 5.41) is 4.64. The summed E-state index contributed by atoms with van der Waals surface area (Å²) < 4.78 is 11.8. The maximum absolute atomic E-state index is 13.0. The first-order valence-electron chi connectivity index (χ1n) is 10.0. The minimum absolute atomic E-state index is 0.147. The Morgan fingerprint density at radius 1 is 1.35 bits per heavy atom. The summed E-state index contributed by atoms with van der Waals surface area (Å²) in [5.41, 5.74) is 4.13. The quantitative estimate of drug-likeness (QED) is 0.470. The fourth-order valence-corrected chi connectivity index (χ4v) is 5.12. The summed E-state index contributed by atoms with van der Waals surface area (Å²) in [5.74, 6) is 1.39. The van der Waals surface area contributed by atoms with Gasteiger partial charge in [-0.25, -0.2) is 10.4 Å². The van der Waals surface area contributed by atoms with Gasteiger partial charge in [0, 0.05) is 4.88 Å². The Kier molecular flexibility index (Phi) is 6.03. The fraction of sp³-hybridized carbons (Fsp3) is 0.364. The van der Waals surface area contributed by atoms with E-state index in [9.17, 15) is 9.59 Å². The first-order chi connectivity index (χ1) is 15.0. The number of fused-ring (bicyclic) bond motifs is 3. The molecule has 1 N–H and O–H groups in total. The van der Waals surface area contributed by atoms with Crippen molar-refractivity contribution in [3.05, 3.63) is 50.9 Å². The minimum atomic E-state index is -0.405. The Bertz CT molecular complexity index is 1210. The van der Waals surface area contributed by atoms with E-state index < -0.39 is 5.91 Å². The molecule has 162 valence electrons. The summed E-state index contributed by atoms with van der Waals surface area (Å²) in [6, 6.07) is 5.29. The van der Waals surface area contributed by atoms with Gasteiger partial charge in [0.1, 0.15) is 11.4 Å². The number of benzene rings is 1. The van der Waals surface area contributed by atoms with Crippen molar-refractivity contribution in [2.24, 2.45) is 11.0 Å². The molecular weight excluding hydrogens is 416 g/mol. The van der Waals surface area contributed by atoms with E-state index in [1.807, 2.05) is 0 Å². The zero-order valence-electron chi connectivity index (χ0n) is 17.7. The van der Waals surface area contributed by atoms with Crippen LogP contribution in [0.3, 0.4) is 0 Å². The predicted molar refractivity (Wildman–Crippen MR) is 120 cm³/mol. The smallest absolute Gasteiger partial charge is 0.262 e. The van der Waals surface area contributed by atoms with Gasteiger partial charge in [-0.1, -0.05) is 6.92 Å². The summed E-state index contributed by atoms with van der Waals surface area (Å²) in [7, 11) is 3.11. The molecule has 4 rings (SSSR count). The van der Waals surface area contributed by atoms with Crippen molar-refractivity contribution in [3.63, 3.8) is 0 Å². The first kappa shape index (κ1) is 21.0. The molecule has 0 saturated carbocycles. The van der Waals surface area contributed by atoms with Crippen LogP contribution in [0.25, 0.3) is 10.2 Å². The highest BCUT2D eigenvalue weighted by Crippen LogP contribution is 2.35. The van der Waals surface area contributed by atoms with E-state index in [0.717, 1.165) is 35.2 Å². The zero-order chi connectivity index (χ0) is 22.0. The van der Waals surface area contributed by atoms with Crippen molar-refractivity contribution in [2.45, 2.75) is 32.7 Å². The molecule has 0 unspecified atom stereocenters. The molecule has 0 fully saturated rings. The van der Waals surface area contributed by atoms with E-state index in [4.69, 9.17) is 9.47 Å². The average Bonchev–Trinajstić information content (AvgIpc) is 3.13.